The van der Waals surface area contributed by atoms with Crippen molar-refractivity contribution in [1.82, 2.24) is 0 Å². The fourth-order valence-corrected chi connectivity index (χ4v) is 2.12. The summed E-state index contributed by atoms with van der Waals surface area (Å²) in [4.78, 5) is 10.9. The van der Waals surface area contributed by atoms with Gasteiger partial charge in [0.05, 0.1) is 0 Å². The van der Waals surface area contributed by atoms with Gasteiger partial charge < -0.3 is 5.73 Å². The van der Waals surface area contributed by atoms with Crippen LogP contribution in [0.5, 0.6) is 0 Å². The predicted octanol–water partition coefficient (Wildman–Crippen LogP) is 5.14. The van der Waals surface area contributed by atoms with Gasteiger partial charge in [-0.25, -0.2) is 0 Å². The van der Waals surface area contributed by atoms with Crippen LogP contribution in [0, 0.1) is 5.92 Å². The number of primary amides is 1. The average molecular weight is 279 g/mol. The Kier molecular flexibility index (Phi) is 11.1. The monoisotopic (exact) mass is 279 g/mol. The molecule has 1 atom stereocenters. The molecule has 0 rings (SSSR count). The number of carbonyl (C=O) groups is 1. The van der Waals surface area contributed by atoms with Crippen molar-refractivity contribution >= 4 is 5.91 Å². The minimum absolute atomic E-state index is 0.0113. The summed E-state index contributed by atoms with van der Waals surface area (Å²) in [6, 6.07) is 0. The molecule has 0 aliphatic heterocycles. The average Bonchev–Trinajstić information content (AvgIpc) is 2.38. The normalized spacial score (nSPS) is 14.4. The summed E-state index contributed by atoms with van der Waals surface area (Å²) >= 11 is 0. The predicted molar refractivity (Wildman–Crippen MR) is 88.5 cm³/mol. The van der Waals surface area contributed by atoms with E-state index in [0.29, 0.717) is 0 Å². The van der Waals surface area contributed by atoms with Crippen LogP contribution in [0.2, 0.25) is 0 Å². The van der Waals surface area contributed by atoms with E-state index in [1.807, 2.05) is 6.92 Å². The van der Waals surface area contributed by atoms with Crippen molar-refractivity contribution in [3.8, 4) is 0 Å². The molecule has 0 spiro atoms. The van der Waals surface area contributed by atoms with Gasteiger partial charge in [0.2, 0.25) is 5.91 Å². The lowest BCUT2D eigenvalue weighted by molar-refractivity contribution is -0.121. The first-order valence-electron chi connectivity index (χ1n) is 8.08. The van der Waals surface area contributed by atoms with Crippen molar-refractivity contribution in [2.45, 2.75) is 79.1 Å². The zero-order chi connectivity index (χ0) is 15.4. The molecule has 0 heterocycles. The number of amides is 1. The second-order valence-corrected chi connectivity index (χ2v) is 5.98. The van der Waals surface area contributed by atoms with Gasteiger partial charge in [0.25, 0.3) is 0 Å². The molecule has 0 aliphatic carbocycles. The van der Waals surface area contributed by atoms with Crippen LogP contribution >= 0.6 is 0 Å². The highest BCUT2D eigenvalue weighted by Gasteiger charge is 2.06. The summed E-state index contributed by atoms with van der Waals surface area (Å²) in [5.41, 5.74) is 8.21. The van der Waals surface area contributed by atoms with E-state index in [1.54, 1.807) is 0 Å². The van der Waals surface area contributed by atoms with Crippen LogP contribution in [0.25, 0.3) is 0 Å². The largest absolute Gasteiger partial charge is 0.369 e. The maximum absolute atomic E-state index is 10.9. The van der Waals surface area contributed by atoms with Crippen molar-refractivity contribution in [3.05, 3.63) is 23.3 Å². The summed E-state index contributed by atoms with van der Waals surface area (Å²) < 4.78 is 0. The van der Waals surface area contributed by atoms with E-state index < -0.39 is 0 Å². The molecule has 1 amide bonds. The standard InChI is InChI=1S/C18H33NO/c1-5-6-7-10-15(2)11-8-12-16(3)13-9-14-17(4)18(19)20/h10,13,17H,5-9,11-12,14H2,1-4H3,(H2,19,20)/b15-10+,16-13+. The van der Waals surface area contributed by atoms with Gasteiger partial charge >= 0.3 is 0 Å². The minimum atomic E-state index is -0.191. The van der Waals surface area contributed by atoms with Gasteiger partial charge in [-0.2, -0.15) is 0 Å². The first-order chi connectivity index (χ1) is 9.47. The number of nitrogens with two attached hydrogens (primary N) is 1. The first kappa shape index (κ1) is 18.9. The molecule has 0 saturated heterocycles. The van der Waals surface area contributed by atoms with Crippen LogP contribution in [0.15, 0.2) is 23.3 Å². The second kappa shape index (κ2) is 11.7. The number of hydrogen-bond donors (Lipinski definition) is 1. The Hall–Kier alpha value is -1.05. The van der Waals surface area contributed by atoms with Gasteiger partial charge in [-0.05, 0) is 52.4 Å². The van der Waals surface area contributed by atoms with Crippen molar-refractivity contribution in [2.24, 2.45) is 11.7 Å². The Labute approximate surface area is 125 Å². The summed E-state index contributed by atoms with van der Waals surface area (Å²) in [5.74, 6) is -0.202. The highest BCUT2D eigenvalue weighted by atomic mass is 16.1. The van der Waals surface area contributed by atoms with Gasteiger partial charge in [0.15, 0.2) is 0 Å². The third-order valence-electron chi connectivity index (χ3n) is 3.77. The van der Waals surface area contributed by atoms with Crippen molar-refractivity contribution in [3.63, 3.8) is 0 Å². The van der Waals surface area contributed by atoms with E-state index in [4.69, 9.17) is 5.73 Å². The van der Waals surface area contributed by atoms with Gasteiger partial charge in [-0.1, -0.05) is 50.0 Å². The van der Waals surface area contributed by atoms with E-state index in [9.17, 15) is 4.79 Å². The van der Waals surface area contributed by atoms with E-state index in [2.05, 4.69) is 32.9 Å². The zero-order valence-corrected chi connectivity index (χ0v) is 13.9. The van der Waals surface area contributed by atoms with E-state index in [0.717, 1.165) is 19.3 Å². The third kappa shape index (κ3) is 10.8. The molecule has 0 aromatic rings. The molecule has 0 aliphatic rings. The number of hydrogen-bond acceptors (Lipinski definition) is 1. The van der Waals surface area contributed by atoms with Crippen molar-refractivity contribution in [1.29, 1.82) is 0 Å². The summed E-state index contributed by atoms with van der Waals surface area (Å²) in [6.07, 6.45) is 13.8. The molecule has 0 radical (unpaired) electrons. The van der Waals surface area contributed by atoms with Crippen LogP contribution in [0.3, 0.4) is 0 Å². The molecule has 0 aromatic carbocycles. The van der Waals surface area contributed by atoms with Gasteiger partial charge in [-0.3, -0.25) is 4.79 Å². The highest BCUT2D eigenvalue weighted by molar-refractivity contribution is 5.76. The lowest BCUT2D eigenvalue weighted by Crippen LogP contribution is -2.20. The fraction of sp³-hybridized carbons (Fsp3) is 0.722. The quantitative estimate of drug-likeness (QED) is 0.413. The van der Waals surface area contributed by atoms with E-state index in [1.165, 1.54) is 43.3 Å². The molecule has 0 aromatic heterocycles. The number of rotatable bonds is 11. The molecule has 116 valence electrons. The van der Waals surface area contributed by atoms with E-state index >= 15 is 0 Å². The van der Waals surface area contributed by atoms with Crippen LogP contribution in [0.4, 0.5) is 0 Å². The number of carbonyl (C=O) groups excluding carboxylic acids is 1. The maximum atomic E-state index is 10.9. The molecular weight excluding hydrogens is 246 g/mol. The van der Waals surface area contributed by atoms with Crippen molar-refractivity contribution in [2.75, 3.05) is 0 Å². The van der Waals surface area contributed by atoms with Gasteiger partial charge in [0.1, 0.15) is 0 Å². The topological polar surface area (TPSA) is 43.1 Å². The first-order valence-corrected chi connectivity index (χ1v) is 8.08. The molecule has 0 saturated carbocycles. The van der Waals surface area contributed by atoms with Crippen LogP contribution in [0.1, 0.15) is 79.1 Å². The Balaban J connectivity index is 3.78. The zero-order valence-electron chi connectivity index (χ0n) is 13.9. The molecule has 2 N–H and O–H groups in total. The molecule has 1 unspecified atom stereocenters. The fourth-order valence-electron chi connectivity index (χ4n) is 2.12. The highest BCUT2D eigenvalue weighted by Crippen LogP contribution is 2.15. The molecular formula is C18H33NO. The molecule has 0 fully saturated rings. The number of unbranched alkanes of at least 4 members (excludes halogenated alkanes) is 2. The summed E-state index contributed by atoms with van der Waals surface area (Å²) in [7, 11) is 0. The molecule has 2 heteroatoms. The molecule has 20 heavy (non-hydrogen) atoms. The Morgan fingerprint density at radius 2 is 1.60 bits per heavy atom. The lowest BCUT2D eigenvalue weighted by atomic mass is 10.0. The maximum Gasteiger partial charge on any atom is 0.220 e. The Morgan fingerprint density at radius 1 is 1.05 bits per heavy atom. The summed E-state index contributed by atoms with van der Waals surface area (Å²) in [6.45, 7) is 8.56. The van der Waals surface area contributed by atoms with Crippen LogP contribution in [-0.2, 0) is 4.79 Å². The van der Waals surface area contributed by atoms with Gasteiger partial charge in [0, 0.05) is 5.92 Å². The van der Waals surface area contributed by atoms with Gasteiger partial charge in [-0.15, -0.1) is 0 Å². The second-order valence-electron chi connectivity index (χ2n) is 5.98. The van der Waals surface area contributed by atoms with Crippen LogP contribution in [-0.4, -0.2) is 5.91 Å². The number of allylic oxidation sites excluding steroid dienone is 4. The molecule has 2 nitrogen and oxygen atoms in total. The lowest BCUT2D eigenvalue weighted by Gasteiger charge is -2.06. The van der Waals surface area contributed by atoms with Crippen molar-refractivity contribution < 1.29 is 4.79 Å². The Bertz CT molecular complexity index is 328. The van der Waals surface area contributed by atoms with E-state index in [-0.39, 0.29) is 11.8 Å². The smallest absolute Gasteiger partial charge is 0.220 e. The van der Waals surface area contributed by atoms with Crippen LogP contribution < -0.4 is 5.73 Å². The molecule has 0 bridgehead atoms. The Morgan fingerprint density at radius 3 is 2.10 bits per heavy atom. The SMILES string of the molecule is CCCC/C=C(\C)CCC/C(C)=C/CCC(C)C(N)=O. The third-order valence-corrected chi connectivity index (χ3v) is 3.77. The summed E-state index contributed by atoms with van der Waals surface area (Å²) in [5, 5.41) is 0. The minimum Gasteiger partial charge on any atom is -0.369 e.